The molecular formula is C18H16O5. The van der Waals surface area contributed by atoms with Crippen LogP contribution in [0, 0.1) is 0 Å². The van der Waals surface area contributed by atoms with Crippen molar-refractivity contribution in [2.45, 2.75) is 0 Å². The molecule has 2 aromatic carbocycles. The Bertz CT molecular complexity index is 792. The number of Topliss-reactive ketones (excluding diaryl/α,β-unsaturated/α-hetero) is 1. The van der Waals surface area contributed by atoms with E-state index in [-0.39, 0.29) is 18.1 Å². The van der Waals surface area contributed by atoms with Gasteiger partial charge in [-0.2, -0.15) is 0 Å². The third kappa shape index (κ3) is 2.85. The van der Waals surface area contributed by atoms with Gasteiger partial charge in [0, 0.05) is 5.57 Å². The van der Waals surface area contributed by atoms with Crippen molar-refractivity contribution in [2.24, 2.45) is 0 Å². The van der Waals surface area contributed by atoms with Gasteiger partial charge in [-0.05, 0) is 42.0 Å². The maximum atomic E-state index is 12.6. The SMILES string of the molecule is COc1ccc2c(c1)C(=O)/C(=C/c1ccc(OC)c(O)c1)CO2. The van der Waals surface area contributed by atoms with Crippen LogP contribution < -0.4 is 14.2 Å². The second-order valence-corrected chi connectivity index (χ2v) is 5.08. The van der Waals surface area contributed by atoms with Crippen molar-refractivity contribution < 1.29 is 24.1 Å². The Hall–Kier alpha value is -2.95. The van der Waals surface area contributed by atoms with Crippen LogP contribution in [0.25, 0.3) is 6.08 Å². The summed E-state index contributed by atoms with van der Waals surface area (Å²) in [4.78, 5) is 12.6. The molecule has 23 heavy (non-hydrogen) atoms. The fraction of sp³-hybridized carbons (Fsp3) is 0.167. The summed E-state index contributed by atoms with van der Waals surface area (Å²) >= 11 is 0. The third-order valence-corrected chi connectivity index (χ3v) is 3.65. The van der Waals surface area contributed by atoms with E-state index in [1.54, 1.807) is 49.6 Å². The number of benzene rings is 2. The lowest BCUT2D eigenvalue weighted by atomic mass is 9.98. The molecule has 0 saturated heterocycles. The van der Waals surface area contributed by atoms with Crippen molar-refractivity contribution in [1.82, 2.24) is 0 Å². The average molecular weight is 312 g/mol. The minimum absolute atomic E-state index is 0.0214. The van der Waals surface area contributed by atoms with Crippen molar-refractivity contribution in [3.8, 4) is 23.0 Å². The number of phenols is 1. The molecule has 1 N–H and O–H groups in total. The molecule has 1 aliphatic rings. The molecule has 1 heterocycles. The van der Waals surface area contributed by atoms with Gasteiger partial charge in [0.1, 0.15) is 18.1 Å². The van der Waals surface area contributed by atoms with Crippen molar-refractivity contribution in [1.29, 1.82) is 0 Å². The highest BCUT2D eigenvalue weighted by molar-refractivity contribution is 6.14. The lowest BCUT2D eigenvalue weighted by molar-refractivity contribution is 0.100. The molecule has 118 valence electrons. The molecule has 0 amide bonds. The Kier molecular flexibility index (Phi) is 3.93. The van der Waals surface area contributed by atoms with E-state index in [2.05, 4.69) is 0 Å². The van der Waals surface area contributed by atoms with Gasteiger partial charge in [0.25, 0.3) is 0 Å². The van der Waals surface area contributed by atoms with Crippen molar-refractivity contribution in [3.05, 3.63) is 53.1 Å². The molecular weight excluding hydrogens is 296 g/mol. The van der Waals surface area contributed by atoms with Gasteiger partial charge in [-0.1, -0.05) is 6.07 Å². The predicted octanol–water partition coefficient (Wildman–Crippen LogP) is 3.07. The number of ether oxygens (including phenoxy) is 3. The Morgan fingerprint density at radius 2 is 1.96 bits per heavy atom. The van der Waals surface area contributed by atoms with Crippen LogP contribution >= 0.6 is 0 Å². The number of hydrogen-bond acceptors (Lipinski definition) is 5. The van der Waals surface area contributed by atoms with Gasteiger partial charge in [0.2, 0.25) is 0 Å². The van der Waals surface area contributed by atoms with Crippen LogP contribution in [0.4, 0.5) is 0 Å². The average Bonchev–Trinajstić information content (AvgIpc) is 2.57. The molecule has 0 saturated carbocycles. The van der Waals surface area contributed by atoms with E-state index in [0.717, 1.165) is 0 Å². The highest BCUT2D eigenvalue weighted by Gasteiger charge is 2.24. The standard InChI is InChI=1S/C18H16O5/c1-21-13-4-6-16-14(9-13)18(20)12(10-23-16)7-11-3-5-17(22-2)15(19)8-11/h3-9,19H,10H2,1-2H3/b12-7+. The zero-order valence-corrected chi connectivity index (χ0v) is 12.8. The molecule has 0 radical (unpaired) electrons. The number of methoxy groups -OCH3 is 2. The van der Waals surface area contributed by atoms with Crippen LogP contribution in [0.5, 0.6) is 23.0 Å². The quantitative estimate of drug-likeness (QED) is 0.882. The maximum Gasteiger partial charge on any atom is 0.196 e. The molecule has 0 fully saturated rings. The van der Waals surface area contributed by atoms with Crippen molar-refractivity contribution in [3.63, 3.8) is 0 Å². The van der Waals surface area contributed by atoms with Crippen LogP contribution in [0.2, 0.25) is 0 Å². The van der Waals surface area contributed by atoms with Crippen molar-refractivity contribution in [2.75, 3.05) is 20.8 Å². The molecule has 3 rings (SSSR count). The van der Waals surface area contributed by atoms with Crippen LogP contribution in [-0.2, 0) is 0 Å². The molecule has 5 heteroatoms. The van der Waals surface area contributed by atoms with E-state index >= 15 is 0 Å². The summed E-state index contributed by atoms with van der Waals surface area (Å²) in [6.07, 6.45) is 1.70. The molecule has 1 aliphatic heterocycles. The Balaban J connectivity index is 1.95. The van der Waals surface area contributed by atoms with Gasteiger partial charge in [0.15, 0.2) is 17.3 Å². The zero-order valence-electron chi connectivity index (χ0n) is 12.8. The van der Waals surface area contributed by atoms with Crippen LogP contribution in [0.1, 0.15) is 15.9 Å². The largest absolute Gasteiger partial charge is 0.504 e. The first-order chi connectivity index (χ1) is 11.1. The fourth-order valence-electron chi connectivity index (χ4n) is 2.44. The van der Waals surface area contributed by atoms with Crippen molar-refractivity contribution >= 4 is 11.9 Å². The highest BCUT2D eigenvalue weighted by atomic mass is 16.5. The van der Waals surface area contributed by atoms with E-state index in [1.807, 2.05) is 0 Å². The first-order valence-electron chi connectivity index (χ1n) is 7.05. The summed E-state index contributed by atoms with van der Waals surface area (Å²) in [7, 11) is 3.03. The lowest BCUT2D eigenvalue weighted by Crippen LogP contribution is -2.19. The van der Waals surface area contributed by atoms with Gasteiger partial charge in [0.05, 0.1) is 19.8 Å². The number of ketones is 1. The van der Waals surface area contributed by atoms with Crippen LogP contribution in [0.3, 0.4) is 0 Å². The van der Waals surface area contributed by atoms with Crippen LogP contribution in [-0.4, -0.2) is 31.7 Å². The summed E-state index contributed by atoms with van der Waals surface area (Å²) < 4.78 is 15.8. The van der Waals surface area contributed by atoms with Gasteiger partial charge in [-0.3, -0.25) is 4.79 Å². The molecule has 5 nitrogen and oxygen atoms in total. The number of carbonyl (C=O) groups is 1. The lowest BCUT2D eigenvalue weighted by Gasteiger charge is -2.19. The minimum atomic E-state index is -0.111. The number of carbonyl (C=O) groups excluding carboxylic acids is 1. The highest BCUT2D eigenvalue weighted by Crippen LogP contribution is 2.32. The Labute approximate surface area is 133 Å². The summed E-state index contributed by atoms with van der Waals surface area (Å²) in [6, 6.07) is 10.1. The van der Waals surface area contributed by atoms with E-state index in [1.165, 1.54) is 7.11 Å². The van der Waals surface area contributed by atoms with E-state index in [4.69, 9.17) is 14.2 Å². The number of rotatable bonds is 3. The molecule has 0 unspecified atom stereocenters. The number of aromatic hydroxyl groups is 1. The summed E-state index contributed by atoms with van der Waals surface area (Å²) in [5.74, 6) is 1.44. The first-order valence-corrected chi connectivity index (χ1v) is 7.05. The molecule has 0 bridgehead atoms. The van der Waals surface area contributed by atoms with E-state index in [9.17, 15) is 9.90 Å². The molecule has 0 spiro atoms. The van der Waals surface area contributed by atoms with E-state index in [0.29, 0.717) is 33.9 Å². The van der Waals surface area contributed by atoms with E-state index < -0.39 is 0 Å². The predicted molar refractivity (Wildman–Crippen MR) is 85.5 cm³/mol. The Morgan fingerprint density at radius 1 is 1.13 bits per heavy atom. The molecule has 2 aromatic rings. The fourth-order valence-corrected chi connectivity index (χ4v) is 2.44. The Morgan fingerprint density at radius 3 is 2.65 bits per heavy atom. The number of phenolic OH excluding ortho intramolecular Hbond substituents is 1. The smallest absolute Gasteiger partial charge is 0.196 e. The number of hydrogen-bond donors (Lipinski definition) is 1. The second-order valence-electron chi connectivity index (χ2n) is 5.08. The molecule has 0 aliphatic carbocycles. The monoisotopic (exact) mass is 312 g/mol. The zero-order chi connectivity index (χ0) is 16.4. The summed E-state index contributed by atoms with van der Waals surface area (Å²) in [5.41, 5.74) is 1.68. The van der Waals surface area contributed by atoms with Gasteiger partial charge in [-0.25, -0.2) is 0 Å². The third-order valence-electron chi connectivity index (χ3n) is 3.65. The van der Waals surface area contributed by atoms with Gasteiger partial charge >= 0.3 is 0 Å². The summed E-state index contributed by atoms with van der Waals surface area (Å²) in [5, 5.41) is 9.83. The molecule has 0 atom stereocenters. The first kappa shape index (κ1) is 15.0. The van der Waals surface area contributed by atoms with Gasteiger partial charge in [-0.15, -0.1) is 0 Å². The normalized spacial score (nSPS) is 15.0. The topological polar surface area (TPSA) is 65.0 Å². The summed E-state index contributed by atoms with van der Waals surface area (Å²) in [6.45, 7) is 0.185. The van der Waals surface area contributed by atoms with Gasteiger partial charge < -0.3 is 19.3 Å². The number of fused-ring (bicyclic) bond motifs is 1. The minimum Gasteiger partial charge on any atom is -0.504 e. The second kappa shape index (κ2) is 6.04. The molecule has 0 aromatic heterocycles. The maximum absolute atomic E-state index is 12.6. The van der Waals surface area contributed by atoms with Crippen LogP contribution in [0.15, 0.2) is 42.0 Å².